The van der Waals surface area contributed by atoms with Crippen LogP contribution in [0.4, 0.5) is 5.69 Å². The van der Waals surface area contributed by atoms with Gasteiger partial charge in [0, 0.05) is 22.4 Å². The van der Waals surface area contributed by atoms with Crippen LogP contribution in [0.25, 0.3) is 0 Å². The first-order valence-electron chi connectivity index (χ1n) is 11.0. The molecule has 2 atom stereocenters. The molecule has 4 heteroatoms. The molecule has 2 aliphatic rings. The van der Waals surface area contributed by atoms with Crippen molar-refractivity contribution in [1.29, 1.82) is 0 Å². The summed E-state index contributed by atoms with van der Waals surface area (Å²) in [6.45, 7) is 6.69. The number of fused-ring (bicyclic) bond motifs is 1. The van der Waals surface area contributed by atoms with Crippen molar-refractivity contribution >= 4 is 23.4 Å². The number of nitrogens with one attached hydrogen (secondary N) is 1. The summed E-state index contributed by atoms with van der Waals surface area (Å²) in [7, 11) is 0. The Kier molecular flexibility index (Phi) is 6.61. The number of piperidine rings is 2. The number of anilines is 1. The summed E-state index contributed by atoms with van der Waals surface area (Å²) >= 11 is 1.87. The smallest absolute Gasteiger partial charge is 0.256 e. The quantitative estimate of drug-likeness (QED) is 0.624. The molecule has 2 fully saturated rings. The number of aryl methyl sites for hydroxylation is 1. The van der Waals surface area contributed by atoms with Crippen molar-refractivity contribution in [3.8, 4) is 0 Å². The lowest BCUT2D eigenvalue weighted by Crippen LogP contribution is -2.48. The van der Waals surface area contributed by atoms with Crippen LogP contribution >= 0.6 is 11.8 Å². The average Bonchev–Trinajstić information content (AvgIpc) is 2.75. The molecule has 0 aromatic heterocycles. The topological polar surface area (TPSA) is 32.3 Å². The van der Waals surface area contributed by atoms with E-state index in [-0.39, 0.29) is 5.91 Å². The fraction of sp³-hybridized carbons (Fsp3) is 0.480. The number of hydrogen-bond acceptors (Lipinski definition) is 3. The Morgan fingerprint density at radius 1 is 1.03 bits per heavy atom. The molecule has 0 unspecified atom stereocenters. The van der Waals surface area contributed by atoms with Crippen LogP contribution in [0.1, 0.15) is 53.6 Å². The number of carbonyl (C=O) groups is 1. The highest BCUT2D eigenvalue weighted by molar-refractivity contribution is 7.99. The fourth-order valence-corrected chi connectivity index (χ4v) is 6.10. The normalized spacial score (nSPS) is 22.1. The molecule has 2 saturated heterocycles. The third kappa shape index (κ3) is 4.70. The minimum atomic E-state index is -0.00950. The molecule has 2 aromatic rings. The zero-order valence-corrected chi connectivity index (χ0v) is 18.4. The van der Waals surface area contributed by atoms with Gasteiger partial charge in [-0.3, -0.25) is 4.79 Å². The summed E-state index contributed by atoms with van der Waals surface area (Å²) in [4.78, 5) is 16.9. The van der Waals surface area contributed by atoms with Gasteiger partial charge in [0.1, 0.15) is 0 Å². The molecule has 2 aliphatic heterocycles. The Hall–Kier alpha value is -1.78. The van der Waals surface area contributed by atoms with Gasteiger partial charge in [-0.15, -0.1) is 11.8 Å². The third-order valence-electron chi connectivity index (χ3n) is 6.67. The summed E-state index contributed by atoms with van der Waals surface area (Å²) < 4.78 is 0. The zero-order chi connectivity index (χ0) is 20.2. The van der Waals surface area contributed by atoms with Crippen molar-refractivity contribution in [3.05, 3.63) is 59.2 Å². The predicted molar refractivity (Wildman–Crippen MR) is 123 cm³/mol. The molecule has 29 heavy (non-hydrogen) atoms. The van der Waals surface area contributed by atoms with E-state index in [0.717, 1.165) is 39.4 Å². The lowest BCUT2D eigenvalue weighted by atomic mass is 9.85. The van der Waals surface area contributed by atoms with Crippen molar-refractivity contribution in [2.75, 3.05) is 24.2 Å². The first-order chi connectivity index (χ1) is 14.1. The van der Waals surface area contributed by atoms with Crippen LogP contribution < -0.4 is 5.32 Å². The molecule has 154 valence electrons. The Bertz CT molecular complexity index is 864. The van der Waals surface area contributed by atoms with Gasteiger partial charge in [0.2, 0.25) is 0 Å². The largest absolute Gasteiger partial charge is 0.322 e. The second-order valence-corrected chi connectivity index (χ2v) is 9.57. The Morgan fingerprint density at radius 3 is 2.76 bits per heavy atom. The highest BCUT2D eigenvalue weighted by Crippen LogP contribution is 2.35. The molecule has 4 rings (SSSR count). The molecule has 3 nitrogen and oxygen atoms in total. The maximum Gasteiger partial charge on any atom is 0.256 e. The molecule has 2 heterocycles. The molecule has 1 N–H and O–H groups in total. The van der Waals surface area contributed by atoms with Gasteiger partial charge in [0.05, 0.1) is 5.56 Å². The van der Waals surface area contributed by atoms with Gasteiger partial charge in [0.15, 0.2) is 0 Å². The average molecular weight is 409 g/mol. The highest BCUT2D eigenvalue weighted by Gasteiger charge is 2.33. The first-order valence-corrected chi connectivity index (χ1v) is 12.0. The Labute approximate surface area is 179 Å². The standard InChI is InChI=1S/C25H32N2OS/c1-18-9-7-12-22(19(18)2)26-25(28)21-11-3-4-14-24(21)29-17-20-10-8-16-27-15-6-5-13-23(20)27/h3-4,7,9,11-12,14,20,23H,5-6,8,10,13,15-17H2,1-2H3,(H,26,28)/t20-,23+/m0/s1. The molecule has 2 aromatic carbocycles. The third-order valence-corrected chi connectivity index (χ3v) is 7.93. The van der Waals surface area contributed by atoms with Crippen LogP contribution in [-0.2, 0) is 0 Å². The number of hydrogen-bond donors (Lipinski definition) is 1. The predicted octanol–water partition coefficient (Wildman–Crippen LogP) is 5.91. The van der Waals surface area contributed by atoms with Crippen molar-refractivity contribution in [2.45, 2.75) is 56.9 Å². The summed E-state index contributed by atoms with van der Waals surface area (Å²) in [5.74, 6) is 1.84. The lowest BCUT2D eigenvalue weighted by Gasteiger charge is -2.44. The molecule has 1 amide bonds. The number of amides is 1. The molecular weight excluding hydrogens is 376 g/mol. The van der Waals surface area contributed by atoms with Crippen LogP contribution in [0, 0.1) is 19.8 Å². The van der Waals surface area contributed by atoms with E-state index in [4.69, 9.17) is 0 Å². The van der Waals surface area contributed by atoms with Crippen LogP contribution in [-0.4, -0.2) is 35.7 Å². The summed E-state index contributed by atoms with van der Waals surface area (Å²) in [6, 6.07) is 14.9. The van der Waals surface area contributed by atoms with Gasteiger partial charge in [0.25, 0.3) is 5.91 Å². The number of nitrogens with zero attached hydrogens (tertiary/aromatic N) is 1. The zero-order valence-electron chi connectivity index (χ0n) is 17.6. The van der Waals surface area contributed by atoms with Crippen molar-refractivity contribution in [1.82, 2.24) is 4.90 Å². The van der Waals surface area contributed by atoms with Crippen molar-refractivity contribution < 1.29 is 4.79 Å². The van der Waals surface area contributed by atoms with E-state index in [2.05, 4.69) is 36.2 Å². The maximum atomic E-state index is 13.0. The Morgan fingerprint density at radius 2 is 1.86 bits per heavy atom. The number of carbonyl (C=O) groups excluding carboxylic acids is 1. The molecule has 0 spiro atoms. The van der Waals surface area contributed by atoms with E-state index in [1.165, 1.54) is 50.8 Å². The number of benzene rings is 2. The molecule has 0 aliphatic carbocycles. The first kappa shape index (κ1) is 20.5. The monoisotopic (exact) mass is 408 g/mol. The summed E-state index contributed by atoms with van der Waals surface area (Å²) in [6.07, 6.45) is 6.72. The van der Waals surface area contributed by atoms with E-state index in [1.54, 1.807) is 0 Å². The van der Waals surface area contributed by atoms with Crippen molar-refractivity contribution in [3.63, 3.8) is 0 Å². The van der Waals surface area contributed by atoms with Crippen molar-refractivity contribution in [2.24, 2.45) is 5.92 Å². The minimum absolute atomic E-state index is 0.00950. The van der Waals surface area contributed by atoms with Crippen LogP contribution in [0.2, 0.25) is 0 Å². The molecule has 0 radical (unpaired) electrons. The van der Waals surface area contributed by atoms with Gasteiger partial charge in [-0.1, -0.05) is 30.7 Å². The van der Waals surface area contributed by atoms with Crippen LogP contribution in [0.5, 0.6) is 0 Å². The molecule has 0 bridgehead atoms. The summed E-state index contributed by atoms with van der Waals surface area (Å²) in [5.41, 5.74) is 4.01. The summed E-state index contributed by atoms with van der Waals surface area (Å²) in [5, 5.41) is 3.13. The number of thioether (sulfide) groups is 1. The van der Waals surface area contributed by atoms with E-state index < -0.39 is 0 Å². The SMILES string of the molecule is Cc1cccc(NC(=O)c2ccccc2SC[C@@H]2CCCN3CCCC[C@H]23)c1C. The van der Waals surface area contributed by atoms with E-state index in [0.29, 0.717) is 0 Å². The van der Waals surface area contributed by atoms with Gasteiger partial charge in [-0.25, -0.2) is 0 Å². The fourth-order valence-electron chi connectivity index (χ4n) is 4.82. The highest BCUT2D eigenvalue weighted by atomic mass is 32.2. The van der Waals surface area contributed by atoms with Gasteiger partial charge in [-0.2, -0.15) is 0 Å². The van der Waals surface area contributed by atoms with Gasteiger partial charge < -0.3 is 10.2 Å². The van der Waals surface area contributed by atoms with Crippen LogP contribution in [0.3, 0.4) is 0 Å². The van der Waals surface area contributed by atoms with Gasteiger partial charge in [-0.05, 0) is 87.9 Å². The van der Waals surface area contributed by atoms with E-state index >= 15 is 0 Å². The second-order valence-electron chi connectivity index (χ2n) is 8.51. The van der Waals surface area contributed by atoms with Crippen LogP contribution in [0.15, 0.2) is 47.4 Å². The van der Waals surface area contributed by atoms with E-state index in [9.17, 15) is 4.79 Å². The van der Waals surface area contributed by atoms with E-state index in [1.807, 2.05) is 42.1 Å². The second kappa shape index (κ2) is 9.36. The lowest BCUT2D eigenvalue weighted by molar-refractivity contribution is 0.0693. The van der Waals surface area contributed by atoms with Gasteiger partial charge >= 0.3 is 0 Å². The minimum Gasteiger partial charge on any atom is -0.322 e. The molecule has 0 saturated carbocycles. The Balaban J connectivity index is 1.45. The maximum absolute atomic E-state index is 13.0. The number of rotatable bonds is 5. The molecular formula is C25H32N2OS.